The van der Waals surface area contributed by atoms with Crippen LogP contribution in [0.3, 0.4) is 0 Å². The van der Waals surface area contributed by atoms with Gasteiger partial charge in [-0.3, -0.25) is 9.35 Å². The van der Waals surface area contributed by atoms with E-state index in [0.717, 1.165) is 6.07 Å². The maximum absolute atomic E-state index is 12.2. The van der Waals surface area contributed by atoms with Crippen LogP contribution in [0, 0.1) is 11.3 Å². The molecule has 2 aromatic rings. The Kier molecular flexibility index (Phi) is 6.54. The lowest BCUT2D eigenvalue weighted by molar-refractivity contribution is -0.112. The minimum absolute atomic E-state index is 0.123. The fourth-order valence-corrected chi connectivity index (χ4v) is 2.58. The number of nitriles is 1. The molecule has 2 aromatic carbocycles. The van der Waals surface area contributed by atoms with E-state index in [2.05, 4.69) is 10.6 Å². The number of amides is 1. The van der Waals surface area contributed by atoms with Crippen LogP contribution < -0.4 is 15.4 Å². The van der Waals surface area contributed by atoms with E-state index in [1.54, 1.807) is 30.3 Å². The Morgan fingerprint density at radius 3 is 2.52 bits per heavy atom. The van der Waals surface area contributed by atoms with Gasteiger partial charge in [0.05, 0.1) is 11.5 Å². The summed E-state index contributed by atoms with van der Waals surface area (Å²) in [5.41, 5.74) is 0.547. The molecular formula is C18H17N3O5S. The number of nitrogens with zero attached hydrogens (tertiary/aromatic N) is 1. The predicted molar refractivity (Wildman–Crippen MR) is 99.8 cm³/mol. The molecule has 0 aliphatic carbocycles. The fraction of sp³-hybridized carbons (Fsp3) is 0.111. The van der Waals surface area contributed by atoms with Gasteiger partial charge in [-0.15, -0.1) is 0 Å². The smallest absolute Gasteiger partial charge is 0.294 e. The SMILES string of the molecule is CCOc1ccc(N/C=C(/C#N)C(=O)Nc2cccc(S(=O)(=O)O)c2)cc1. The van der Waals surface area contributed by atoms with Crippen molar-refractivity contribution in [2.24, 2.45) is 0 Å². The van der Waals surface area contributed by atoms with Crippen LogP contribution in [0.4, 0.5) is 11.4 Å². The molecule has 0 spiro atoms. The number of hydrogen-bond donors (Lipinski definition) is 3. The van der Waals surface area contributed by atoms with E-state index in [1.807, 2.05) is 6.92 Å². The molecule has 2 rings (SSSR count). The predicted octanol–water partition coefficient (Wildman–Crippen LogP) is 2.79. The highest BCUT2D eigenvalue weighted by atomic mass is 32.2. The summed E-state index contributed by atoms with van der Waals surface area (Å²) in [6, 6.07) is 13.8. The number of ether oxygens (including phenoxy) is 1. The number of rotatable bonds is 7. The van der Waals surface area contributed by atoms with Gasteiger partial charge < -0.3 is 15.4 Å². The van der Waals surface area contributed by atoms with Crippen molar-refractivity contribution in [3.05, 3.63) is 60.3 Å². The lowest BCUT2D eigenvalue weighted by Gasteiger charge is -2.07. The molecule has 3 N–H and O–H groups in total. The largest absolute Gasteiger partial charge is 0.494 e. The van der Waals surface area contributed by atoms with Crippen molar-refractivity contribution < 1.29 is 22.5 Å². The number of anilines is 2. The summed E-state index contributed by atoms with van der Waals surface area (Å²) in [5.74, 6) is -0.0348. The molecule has 0 fully saturated rings. The molecular weight excluding hydrogens is 370 g/mol. The number of hydrogen-bond acceptors (Lipinski definition) is 6. The van der Waals surface area contributed by atoms with Crippen LogP contribution in [0.5, 0.6) is 5.75 Å². The highest BCUT2D eigenvalue weighted by molar-refractivity contribution is 7.85. The summed E-state index contributed by atoms with van der Waals surface area (Å²) in [6.07, 6.45) is 1.23. The monoisotopic (exact) mass is 387 g/mol. The molecule has 0 atom stereocenters. The summed E-state index contributed by atoms with van der Waals surface area (Å²) in [5, 5.41) is 14.4. The number of benzene rings is 2. The van der Waals surface area contributed by atoms with E-state index >= 15 is 0 Å². The third-order valence-electron chi connectivity index (χ3n) is 3.30. The lowest BCUT2D eigenvalue weighted by atomic mass is 10.2. The van der Waals surface area contributed by atoms with Crippen LogP contribution in [-0.2, 0) is 14.9 Å². The molecule has 8 nitrogen and oxygen atoms in total. The molecule has 0 aliphatic heterocycles. The zero-order chi connectivity index (χ0) is 19.9. The van der Waals surface area contributed by atoms with Crippen LogP contribution in [0.1, 0.15) is 6.92 Å². The Labute approximate surface area is 156 Å². The Balaban J connectivity index is 2.09. The quantitative estimate of drug-likeness (QED) is 0.378. The van der Waals surface area contributed by atoms with Crippen molar-refractivity contribution in [1.82, 2.24) is 0 Å². The van der Waals surface area contributed by atoms with Gasteiger partial charge in [-0.1, -0.05) is 6.07 Å². The molecule has 140 valence electrons. The van der Waals surface area contributed by atoms with Gasteiger partial charge in [0.1, 0.15) is 17.4 Å². The normalized spacial score (nSPS) is 11.4. The highest BCUT2D eigenvalue weighted by Crippen LogP contribution is 2.17. The summed E-state index contributed by atoms with van der Waals surface area (Å²) in [7, 11) is -4.39. The Morgan fingerprint density at radius 1 is 1.22 bits per heavy atom. The summed E-state index contributed by atoms with van der Waals surface area (Å²) in [4.78, 5) is 11.8. The number of carbonyl (C=O) groups excluding carboxylic acids is 1. The maximum Gasteiger partial charge on any atom is 0.294 e. The third kappa shape index (κ3) is 5.85. The van der Waals surface area contributed by atoms with Crippen molar-refractivity contribution in [1.29, 1.82) is 5.26 Å². The van der Waals surface area contributed by atoms with Gasteiger partial charge in [-0.2, -0.15) is 13.7 Å². The minimum Gasteiger partial charge on any atom is -0.494 e. The first kappa shape index (κ1) is 20.0. The van der Waals surface area contributed by atoms with E-state index in [9.17, 15) is 18.5 Å². The number of nitrogens with one attached hydrogen (secondary N) is 2. The van der Waals surface area contributed by atoms with Crippen molar-refractivity contribution in [3.63, 3.8) is 0 Å². The first-order valence-corrected chi connectivity index (χ1v) is 9.26. The van der Waals surface area contributed by atoms with Gasteiger partial charge in [0.15, 0.2) is 0 Å². The van der Waals surface area contributed by atoms with Gasteiger partial charge in [0.2, 0.25) is 0 Å². The minimum atomic E-state index is -4.39. The van der Waals surface area contributed by atoms with Crippen molar-refractivity contribution in [2.45, 2.75) is 11.8 Å². The van der Waals surface area contributed by atoms with Crippen molar-refractivity contribution >= 4 is 27.4 Å². The third-order valence-corrected chi connectivity index (χ3v) is 4.15. The van der Waals surface area contributed by atoms with E-state index in [0.29, 0.717) is 18.0 Å². The summed E-state index contributed by atoms with van der Waals surface area (Å²) >= 11 is 0. The van der Waals surface area contributed by atoms with Crippen LogP contribution in [0.15, 0.2) is 65.2 Å². The molecule has 0 aromatic heterocycles. The molecule has 9 heteroatoms. The van der Waals surface area contributed by atoms with Gasteiger partial charge in [-0.25, -0.2) is 0 Å². The van der Waals surface area contributed by atoms with Crippen LogP contribution in [-0.4, -0.2) is 25.5 Å². The van der Waals surface area contributed by atoms with Crippen LogP contribution in [0.25, 0.3) is 0 Å². The van der Waals surface area contributed by atoms with E-state index < -0.39 is 16.0 Å². The fourth-order valence-electron chi connectivity index (χ4n) is 2.05. The lowest BCUT2D eigenvalue weighted by Crippen LogP contribution is -2.15. The highest BCUT2D eigenvalue weighted by Gasteiger charge is 2.13. The molecule has 0 unspecified atom stereocenters. The Morgan fingerprint density at radius 2 is 1.93 bits per heavy atom. The van der Waals surface area contributed by atoms with E-state index in [1.165, 1.54) is 24.4 Å². The first-order valence-electron chi connectivity index (χ1n) is 7.82. The maximum atomic E-state index is 12.2. The van der Waals surface area contributed by atoms with Crippen molar-refractivity contribution in [2.75, 3.05) is 17.2 Å². The zero-order valence-electron chi connectivity index (χ0n) is 14.3. The molecule has 0 radical (unpaired) electrons. The molecule has 0 heterocycles. The second-order valence-corrected chi connectivity index (χ2v) is 6.65. The van der Waals surface area contributed by atoms with Gasteiger partial charge in [0.25, 0.3) is 16.0 Å². The van der Waals surface area contributed by atoms with Gasteiger partial charge in [0, 0.05) is 17.6 Å². The Bertz CT molecular complexity index is 992. The van der Waals surface area contributed by atoms with E-state index in [-0.39, 0.29) is 16.2 Å². The summed E-state index contributed by atoms with van der Waals surface area (Å²) < 4.78 is 36.7. The molecule has 0 aliphatic rings. The first-order chi connectivity index (χ1) is 12.8. The van der Waals surface area contributed by atoms with Gasteiger partial charge in [-0.05, 0) is 49.4 Å². The van der Waals surface area contributed by atoms with Crippen molar-refractivity contribution in [3.8, 4) is 11.8 Å². The molecule has 1 amide bonds. The molecule has 0 saturated heterocycles. The van der Waals surface area contributed by atoms with Gasteiger partial charge >= 0.3 is 0 Å². The Hall–Kier alpha value is -3.35. The molecule has 0 bridgehead atoms. The molecule has 27 heavy (non-hydrogen) atoms. The topological polar surface area (TPSA) is 129 Å². The molecule has 0 saturated carbocycles. The zero-order valence-corrected chi connectivity index (χ0v) is 15.2. The van der Waals surface area contributed by atoms with Crippen LogP contribution in [0.2, 0.25) is 0 Å². The average molecular weight is 387 g/mol. The van der Waals surface area contributed by atoms with Crippen LogP contribution >= 0.6 is 0 Å². The average Bonchev–Trinajstić information content (AvgIpc) is 2.63. The second kappa shape index (κ2) is 8.84. The van der Waals surface area contributed by atoms with E-state index in [4.69, 9.17) is 9.29 Å². The second-order valence-electron chi connectivity index (χ2n) is 5.23. The number of carbonyl (C=O) groups is 1. The summed E-state index contributed by atoms with van der Waals surface area (Å²) in [6.45, 7) is 2.42. The standard InChI is InChI=1S/C18H17N3O5S/c1-2-26-16-8-6-14(7-9-16)20-12-13(11-19)18(22)21-15-4-3-5-17(10-15)27(23,24)25/h3-10,12,20H,2H2,1H3,(H,21,22)(H,23,24,25)/b13-12-.